The lowest BCUT2D eigenvalue weighted by Gasteiger charge is -2.26. The Bertz CT molecular complexity index is 461. The lowest BCUT2D eigenvalue weighted by atomic mass is 10.2. The number of anilines is 2. The van der Waals surface area contributed by atoms with Gasteiger partial charge in [0.15, 0.2) is 0 Å². The molecule has 1 aromatic rings. The molecule has 0 bridgehead atoms. The van der Waals surface area contributed by atoms with Gasteiger partial charge < -0.3 is 15.3 Å². The molecule has 0 aliphatic carbocycles. The summed E-state index contributed by atoms with van der Waals surface area (Å²) in [6, 6.07) is 6.53. The number of halogens is 4. The molecule has 0 radical (unpaired) electrons. The minimum atomic E-state index is -0.930. The quantitative estimate of drug-likeness (QED) is 0.676. The number of hydrogen-bond acceptors (Lipinski definition) is 3. The molecule has 0 spiro atoms. The molecule has 4 nitrogen and oxygen atoms in total. The van der Waals surface area contributed by atoms with Crippen molar-refractivity contribution in [3.8, 4) is 0 Å². The number of carboxylic acids is 1. The Kier molecular flexibility index (Phi) is 7.74. The largest absolute Gasteiger partial charge is 0.480 e. The summed E-state index contributed by atoms with van der Waals surface area (Å²) in [6.45, 7) is 2.28. The van der Waals surface area contributed by atoms with Gasteiger partial charge in [-0.15, -0.1) is 46.4 Å². The molecule has 0 aromatic heterocycles. The summed E-state index contributed by atoms with van der Waals surface area (Å²) in [7, 11) is 0. The number of rotatable bonds is 8. The monoisotopic (exact) mass is 372 g/mol. The van der Waals surface area contributed by atoms with Gasteiger partial charge in [0.05, 0.1) is 0 Å². The molecule has 21 heavy (non-hydrogen) atoms. The summed E-state index contributed by atoms with van der Waals surface area (Å²) in [5.41, 5.74) is 1.48. The zero-order valence-electron chi connectivity index (χ0n) is 11.3. The molecule has 0 saturated carbocycles. The van der Waals surface area contributed by atoms with Gasteiger partial charge in [0.2, 0.25) is 0 Å². The molecule has 0 aliphatic rings. The third kappa shape index (κ3) is 6.83. The molecule has 118 valence electrons. The Hall–Kier alpha value is -0.550. The fraction of sp³-hybridized carbons (Fsp3) is 0.462. The van der Waals surface area contributed by atoms with Crippen LogP contribution in [-0.2, 0) is 4.79 Å². The van der Waals surface area contributed by atoms with Crippen molar-refractivity contribution in [2.24, 2.45) is 0 Å². The van der Waals surface area contributed by atoms with Crippen LogP contribution in [0, 0.1) is 0 Å². The highest BCUT2D eigenvalue weighted by atomic mass is 35.5. The maximum Gasteiger partial charge on any atom is 0.325 e. The van der Waals surface area contributed by atoms with Crippen molar-refractivity contribution >= 4 is 63.7 Å². The van der Waals surface area contributed by atoms with E-state index in [9.17, 15) is 4.79 Å². The van der Waals surface area contributed by atoms with E-state index in [-0.39, 0.29) is 0 Å². The first-order chi connectivity index (χ1) is 9.79. The molecule has 0 aliphatic heterocycles. The summed E-state index contributed by atoms with van der Waals surface area (Å²) < 4.78 is 0. The number of carboxylic acid groups (broad SMARTS) is 1. The maximum atomic E-state index is 10.9. The van der Waals surface area contributed by atoms with Crippen LogP contribution in [0.5, 0.6) is 0 Å². The Morgan fingerprint density at radius 1 is 1.24 bits per heavy atom. The highest BCUT2D eigenvalue weighted by molar-refractivity contribution is 6.45. The van der Waals surface area contributed by atoms with E-state index in [1.54, 1.807) is 25.1 Å². The molecule has 1 aromatic carbocycles. The maximum absolute atomic E-state index is 10.9. The molecule has 0 saturated heterocycles. The normalized spacial score (nSPS) is 12.5. The topological polar surface area (TPSA) is 52.6 Å². The molecule has 2 N–H and O–H groups in total. The molecule has 1 rings (SSSR count). The Labute approximate surface area is 143 Å². The number of benzene rings is 1. The van der Waals surface area contributed by atoms with Crippen LogP contribution in [0.25, 0.3) is 0 Å². The molecule has 0 heterocycles. The molecular formula is C13H16Cl4N2O2. The standard InChI is InChI=1S/C13H16Cl4N2O2/c1-8(13(20)21)18-9-3-2-4-10(5-9)19(6-11(14)15)7-12(16)17/h2-5,8,11-12,18H,6-7H2,1H3,(H,20,21)/t8-/m0/s1. The van der Waals surface area contributed by atoms with Crippen LogP contribution in [0.3, 0.4) is 0 Å². The zero-order valence-corrected chi connectivity index (χ0v) is 14.3. The fourth-order valence-corrected chi connectivity index (χ4v) is 2.39. The van der Waals surface area contributed by atoms with Gasteiger partial charge in [-0.05, 0) is 25.1 Å². The average molecular weight is 374 g/mol. The van der Waals surface area contributed by atoms with E-state index < -0.39 is 21.7 Å². The van der Waals surface area contributed by atoms with E-state index in [2.05, 4.69) is 5.32 Å². The van der Waals surface area contributed by atoms with Gasteiger partial charge in [0, 0.05) is 24.5 Å². The van der Waals surface area contributed by atoms with Gasteiger partial charge >= 0.3 is 5.97 Å². The first-order valence-electron chi connectivity index (χ1n) is 6.20. The molecule has 0 fully saturated rings. The van der Waals surface area contributed by atoms with E-state index in [0.717, 1.165) is 5.69 Å². The highest BCUT2D eigenvalue weighted by Crippen LogP contribution is 2.23. The molecule has 1 atom stereocenters. The van der Waals surface area contributed by atoms with Crippen LogP contribution in [0.2, 0.25) is 0 Å². The van der Waals surface area contributed by atoms with Crippen molar-refractivity contribution in [1.29, 1.82) is 0 Å². The third-order valence-electron chi connectivity index (χ3n) is 2.68. The van der Waals surface area contributed by atoms with Gasteiger partial charge in [-0.1, -0.05) is 6.07 Å². The van der Waals surface area contributed by atoms with E-state index >= 15 is 0 Å². The van der Waals surface area contributed by atoms with E-state index in [1.165, 1.54) is 0 Å². The van der Waals surface area contributed by atoms with Crippen molar-refractivity contribution in [3.05, 3.63) is 24.3 Å². The minimum Gasteiger partial charge on any atom is -0.480 e. The lowest BCUT2D eigenvalue weighted by molar-refractivity contribution is -0.137. The summed E-state index contributed by atoms with van der Waals surface area (Å²) >= 11 is 23.3. The Balaban J connectivity index is 2.90. The van der Waals surface area contributed by atoms with E-state index in [0.29, 0.717) is 18.8 Å². The number of hydrogen-bond donors (Lipinski definition) is 2. The van der Waals surface area contributed by atoms with Crippen LogP contribution in [0.4, 0.5) is 11.4 Å². The van der Waals surface area contributed by atoms with Crippen molar-refractivity contribution in [2.45, 2.75) is 22.6 Å². The van der Waals surface area contributed by atoms with Crippen LogP contribution in [0.1, 0.15) is 6.92 Å². The average Bonchev–Trinajstić information content (AvgIpc) is 2.37. The molecule has 0 amide bonds. The second-order valence-electron chi connectivity index (χ2n) is 4.44. The molecular weight excluding hydrogens is 358 g/mol. The van der Waals surface area contributed by atoms with E-state index in [4.69, 9.17) is 51.5 Å². The van der Waals surface area contributed by atoms with Crippen LogP contribution in [-0.4, -0.2) is 39.9 Å². The Morgan fingerprint density at radius 3 is 2.29 bits per heavy atom. The third-order valence-corrected chi connectivity index (χ3v) is 3.23. The second-order valence-corrected chi connectivity index (χ2v) is 7.00. The number of nitrogens with one attached hydrogen (secondary N) is 1. The summed E-state index contributed by atoms with van der Waals surface area (Å²) in [6.07, 6.45) is 0. The van der Waals surface area contributed by atoms with E-state index in [1.807, 2.05) is 11.0 Å². The number of nitrogens with zero attached hydrogens (tertiary/aromatic N) is 1. The highest BCUT2D eigenvalue weighted by Gasteiger charge is 2.15. The van der Waals surface area contributed by atoms with Crippen molar-refractivity contribution in [1.82, 2.24) is 0 Å². The predicted molar refractivity (Wildman–Crippen MR) is 90.4 cm³/mol. The Morgan fingerprint density at radius 2 is 1.81 bits per heavy atom. The van der Waals surface area contributed by atoms with Gasteiger partial charge in [-0.3, -0.25) is 4.79 Å². The first-order valence-corrected chi connectivity index (χ1v) is 7.94. The second kappa shape index (κ2) is 8.79. The molecule has 0 unspecified atom stereocenters. The van der Waals surface area contributed by atoms with Crippen molar-refractivity contribution in [3.63, 3.8) is 0 Å². The van der Waals surface area contributed by atoms with Crippen molar-refractivity contribution < 1.29 is 9.90 Å². The summed E-state index contributed by atoms with van der Waals surface area (Å²) in [5.74, 6) is -0.930. The summed E-state index contributed by atoms with van der Waals surface area (Å²) in [5, 5.41) is 11.8. The van der Waals surface area contributed by atoms with Gasteiger partial charge in [-0.25, -0.2) is 0 Å². The predicted octanol–water partition coefficient (Wildman–Crippen LogP) is 3.99. The summed E-state index contributed by atoms with van der Waals surface area (Å²) in [4.78, 5) is 11.5. The minimum absolute atomic E-state index is 0.358. The lowest BCUT2D eigenvalue weighted by Crippen LogP contribution is -2.32. The van der Waals surface area contributed by atoms with Crippen LogP contribution >= 0.6 is 46.4 Å². The number of aliphatic carboxylic acids is 1. The first kappa shape index (κ1) is 18.5. The van der Waals surface area contributed by atoms with Crippen molar-refractivity contribution in [2.75, 3.05) is 23.3 Å². The zero-order chi connectivity index (χ0) is 16.0. The smallest absolute Gasteiger partial charge is 0.325 e. The van der Waals surface area contributed by atoms with Gasteiger partial charge in [0.1, 0.15) is 15.7 Å². The van der Waals surface area contributed by atoms with Crippen LogP contribution in [0.15, 0.2) is 24.3 Å². The number of carbonyl (C=O) groups is 1. The number of alkyl halides is 4. The van der Waals surface area contributed by atoms with Gasteiger partial charge in [0.25, 0.3) is 0 Å². The fourth-order valence-electron chi connectivity index (χ4n) is 1.72. The molecule has 8 heteroatoms. The SMILES string of the molecule is C[C@H](Nc1cccc(N(CC(Cl)Cl)CC(Cl)Cl)c1)C(=O)O. The van der Waals surface area contributed by atoms with Gasteiger partial charge in [-0.2, -0.15) is 0 Å². The van der Waals surface area contributed by atoms with Crippen LogP contribution < -0.4 is 10.2 Å².